The summed E-state index contributed by atoms with van der Waals surface area (Å²) in [5.41, 5.74) is 6.43. The molecule has 0 heterocycles. The number of rotatable bonds is 4. The van der Waals surface area contributed by atoms with Crippen LogP contribution in [0.3, 0.4) is 0 Å². The summed E-state index contributed by atoms with van der Waals surface area (Å²) >= 11 is 0. The zero-order chi connectivity index (χ0) is 9.03. The van der Waals surface area contributed by atoms with Crippen LogP contribution in [0.1, 0.15) is 39.5 Å². The van der Waals surface area contributed by atoms with Crippen molar-refractivity contribution < 1.29 is 0 Å². The molecule has 0 aromatic heterocycles. The summed E-state index contributed by atoms with van der Waals surface area (Å²) in [5, 5.41) is 3.47. The van der Waals surface area contributed by atoms with E-state index in [4.69, 9.17) is 5.73 Å². The highest BCUT2D eigenvalue weighted by Crippen LogP contribution is 2.35. The van der Waals surface area contributed by atoms with Crippen molar-refractivity contribution in [2.45, 2.75) is 45.6 Å². The van der Waals surface area contributed by atoms with Crippen molar-refractivity contribution in [3.8, 4) is 0 Å². The van der Waals surface area contributed by atoms with E-state index in [1.165, 1.54) is 25.7 Å². The molecule has 0 amide bonds. The Hall–Kier alpha value is -0.0800. The Morgan fingerprint density at radius 3 is 2.83 bits per heavy atom. The molecule has 0 saturated heterocycles. The predicted molar refractivity (Wildman–Crippen MR) is 53.1 cm³/mol. The number of nitrogens with one attached hydrogen (secondary N) is 1. The van der Waals surface area contributed by atoms with Crippen molar-refractivity contribution in [1.82, 2.24) is 5.32 Å². The summed E-state index contributed by atoms with van der Waals surface area (Å²) in [6, 6.07) is 0.418. The molecule has 2 unspecified atom stereocenters. The van der Waals surface area contributed by atoms with Gasteiger partial charge in [0, 0.05) is 12.6 Å². The van der Waals surface area contributed by atoms with Crippen LogP contribution >= 0.6 is 0 Å². The van der Waals surface area contributed by atoms with Crippen LogP contribution in [0.2, 0.25) is 0 Å². The lowest BCUT2D eigenvalue weighted by Crippen LogP contribution is -2.42. The molecule has 1 aliphatic rings. The molecule has 12 heavy (non-hydrogen) atoms. The average Bonchev–Trinajstić information content (AvgIpc) is 2.34. The van der Waals surface area contributed by atoms with E-state index < -0.39 is 0 Å². The maximum Gasteiger partial charge on any atom is 0.0105 e. The van der Waals surface area contributed by atoms with Crippen molar-refractivity contribution in [3.05, 3.63) is 0 Å². The number of nitrogens with two attached hydrogens (primary N) is 1. The van der Waals surface area contributed by atoms with Crippen LogP contribution in [0.5, 0.6) is 0 Å². The van der Waals surface area contributed by atoms with Crippen LogP contribution in [-0.4, -0.2) is 19.1 Å². The molecule has 72 valence electrons. The Morgan fingerprint density at radius 1 is 1.58 bits per heavy atom. The van der Waals surface area contributed by atoms with Gasteiger partial charge in [-0.25, -0.2) is 0 Å². The molecule has 1 rings (SSSR count). The van der Waals surface area contributed by atoms with Crippen LogP contribution in [0, 0.1) is 5.41 Å². The lowest BCUT2D eigenvalue weighted by molar-refractivity contribution is 0.278. The first-order chi connectivity index (χ1) is 5.69. The molecule has 0 bridgehead atoms. The van der Waals surface area contributed by atoms with Gasteiger partial charge >= 0.3 is 0 Å². The monoisotopic (exact) mass is 170 g/mol. The fraction of sp³-hybridized carbons (Fsp3) is 1.00. The molecule has 0 spiro atoms. The first kappa shape index (κ1) is 10.0. The van der Waals surface area contributed by atoms with Gasteiger partial charge in [0.25, 0.3) is 0 Å². The second kappa shape index (κ2) is 4.24. The molecule has 1 aliphatic carbocycles. The lowest BCUT2D eigenvalue weighted by Gasteiger charge is -2.29. The average molecular weight is 170 g/mol. The van der Waals surface area contributed by atoms with E-state index >= 15 is 0 Å². The molecule has 0 aromatic rings. The Bertz CT molecular complexity index is 136. The largest absolute Gasteiger partial charge is 0.327 e. The van der Waals surface area contributed by atoms with Gasteiger partial charge in [0.05, 0.1) is 0 Å². The standard InChI is InChI=1S/C10H22N2/c1-3-7-12-8-10(2)6-4-5-9(10)11/h9,12H,3-8,11H2,1-2H3. The van der Waals surface area contributed by atoms with Crippen LogP contribution in [0.25, 0.3) is 0 Å². The van der Waals surface area contributed by atoms with Crippen molar-refractivity contribution in [1.29, 1.82) is 0 Å². The molecular weight excluding hydrogens is 148 g/mol. The number of hydrogen-bond acceptors (Lipinski definition) is 2. The number of hydrogen-bond donors (Lipinski definition) is 2. The van der Waals surface area contributed by atoms with Crippen LogP contribution in [0.4, 0.5) is 0 Å². The molecule has 2 nitrogen and oxygen atoms in total. The Kier molecular flexibility index (Phi) is 3.53. The van der Waals surface area contributed by atoms with Gasteiger partial charge in [-0.1, -0.05) is 20.3 Å². The molecule has 3 N–H and O–H groups in total. The van der Waals surface area contributed by atoms with Crippen molar-refractivity contribution >= 4 is 0 Å². The smallest absolute Gasteiger partial charge is 0.0105 e. The van der Waals surface area contributed by atoms with Gasteiger partial charge in [0.2, 0.25) is 0 Å². The Balaban J connectivity index is 2.27. The normalized spacial score (nSPS) is 35.8. The van der Waals surface area contributed by atoms with Gasteiger partial charge in [-0.05, 0) is 31.2 Å². The SMILES string of the molecule is CCCNCC1(C)CCCC1N. The van der Waals surface area contributed by atoms with Gasteiger partial charge in [0.15, 0.2) is 0 Å². The van der Waals surface area contributed by atoms with Crippen molar-refractivity contribution in [2.75, 3.05) is 13.1 Å². The van der Waals surface area contributed by atoms with E-state index in [2.05, 4.69) is 19.2 Å². The van der Waals surface area contributed by atoms with Gasteiger partial charge in [-0.2, -0.15) is 0 Å². The summed E-state index contributed by atoms with van der Waals surface area (Å²) in [7, 11) is 0. The van der Waals surface area contributed by atoms with Crippen molar-refractivity contribution in [2.24, 2.45) is 11.1 Å². The molecule has 1 saturated carbocycles. The topological polar surface area (TPSA) is 38.0 Å². The molecule has 2 atom stereocenters. The highest BCUT2D eigenvalue weighted by atomic mass is 14.9. The highest BCUT2D eigenvalue weighted by Gasteiger charge is 2.35. The molecule has 0 aliphatic heterocycles. The van der Waals surface area contributed by atoms with E-state index in [-0.39, 0.29) is 0 Å². The van der Waals surface area contributed by atoms with Gasteiger partial charge in [-0.3, -0.25) is 0 Å². The second-order valence-corrected chi connectivity index (χ2v) is 4.33. The summed E-state index contributed by atoms with van der Waals surface area (Å²) in [4.78, 5) is 0. The molecule has 2 heteroatoms. The van der Waals surface area contributed by atoms with Gasteiger partial charge in [0.1, 0.15) is 0 Å². The zero-order valence-corrected chi connectivity index (χ0v) is 8.40. The predicted octanol–water partition coefficient (Wildman–Crippen LogP) is 1.50. The molecule has 0 radical (unpaired) electrons. The summed E-state index contributed by atoms with van der Waals surface area (Å²) in [6.07, 6.45) is 5.03. The minimum Gasteiger partial charge on any atom is -0.327 e. The quantitative estimate of drug-likeness (QED) is 0.628. The van der Waals surface area contributed by atoms with Gasteiger partial charge < -0.3 is 11.1 Å². The maximum atomic E-state index is 6.06. The van der Waals surface area contributed by atoms with Crippen LogP contribution in [-0.2, 0) is 0 Å². The summed E-state index contributed by atoms with van der Waals surface area (Å²) < 4.78 is 0. The summed E-state index contributed by atoms with van der Waals surface area (Å²) in [6.45, 7) is 6.74. The minimum atomic E-state index is 0.370. The molecular formula is C10H22N2. The molecule has 0 aromatic carbocycles. The Morgan fingerprint density at radius 2 is 2.33 bits per heavy atom. The van der Waals surface area contributed by atoms with E-state index in [0.717, 1.165) is 13.1 Å². The first-order valence-electron chi connectivity index (χ1n) is 5.15. The third-order valence-corrected chi connectivity index (χ3v) is 3.11. The lowest BCUT2D eigenvalue weighted by atomic mass is 9.85. The third-order valence-electron chi connectivity index (χ3n) is 3.11. The van der Waals surface area contributed by atoms with Crippen LogP contribution < -0.4 is 11.1 Å². The first-order valence-corrected chi connectivity index (χ1v) is 5.15. The Labute approximate surface area is 75.9 Å². The van der Waals surface area contributed by atoms with Gasteiger partial charge in [-0.15, -0.1) is 0 Å². The van der Waals surface area contributed by atoms with E-state index in [0.29, 0.717) is 11.5 Å². The second-order valence-electron chi connectivity index (χ2n) is 4.33. The van der Waals surface area contributed by atoms with Crippen LogP contribution in [0.15, 0.2) is 0 Å². The van der Waals surface area contributed by atoms with Crippen molar-refractivity contribution in [3.63, 3.8) is 0 Å². The summed E-state index contributed by atoms with van der Waals surface area (Å²) in [5.74, 6) is 0. The highest BCUT2D eigenvalue weighted by molar-refractivity contribution is 4.92. The third kappa shape index (κ3) is 2.20. The van der Waals surface area contributed by atoms with E-state index in [9.17, 15) is 0 Å². The maximum absolute atomic E-state index is 6.06. The zero-order valence-electron chi connectivity index (χ0n) is 8.40. The molecule has 1 fully saturated rings. The van der Waals surface area contributed by atoms with E-state index in [1.54, 1.807) is 0 Å². The fourth-order valence-corrected chi connectivity index (χ4v) is 2.03. The fourth-order valence-electron chi connectivity index (χ4n) is 2.03. The minimum absolute atomic E-state index is 0.370. The van der Waals surface area contributed by atoms with E-state index in [1.807, 2.05) is 0 Å².